The van der Waals surface area contributed by atoms with Crippen molar-refractivity contribution in [1.82, 2.24) is 15.5 Å². The second-order valence-electron chi connectivity index (χ2n) is 6.23. The Kier molecular flexibility index (Phi) is 7.20. The smallest absolute Gasteiger partial charge is 0.191 e. The third-order valence-corrected chi connectivity index (χ3v) is 4.56. The van der Waals surface area contributed by atoms with Crippen LogP contribution in [0.15, 0.2) is 4.99 Å². The van der Waals surface area contributed by atoms with E-state index in [0.29, 0.717) is 6.04 Å². The van der Waals surface area contributed by atoms with Gasteiger partial charge in [-0.1, -0.05) is 19.3 Å². The first kappa shape index (κ1) is 15.6. The fourth-order valence-electron chi connectivity index (χ4n) is 3.31. The van der Waals surface area contributed by atoms with Crippen LogP contribution in [0.3, 0.4) is 0 Å². The fourth-order valence-corrected chi connectivity index (χ4v) is 3.31. The lowest BCUT2D eigenvalue weighted by molar-refractivity contribution is 0.330. The number of hydrogen-bond acceptors (Lipinski definition) is 2. The maximum Gasteiger partial charge on any atom is 0.191 e. The van der Waals surface area contributed by atoms with E-state index in [4.69, 9.17) is 0 Å². The molecule has 2 rings (SSSR count). The summed E-state index contributed by atoms with van der Waals surface area (Å²) in [6.45, 7) is 4.95. The van der Waals surface area contributed by atoms with Crippen LogP contribution < -0.4 is 10.6 Å². The zero-order valence-corrected chi connectivity index (χ0v) is 13.2. The van der Waals surface area contributed by atoms with Crippen molar-refractivity contribution in [1.29, 1.82) is 0 Å². The first-order chi connectivity index (χ1) is 9.88. The van der Waals surface area contributed by atoms with E-state index < -0.39 is 0 Å². The first-order valence-corrected chi connectivity index (χ1v) is 8.58. The van der Waals surface area contributed by atoms with Crippen molar-refractivity contribution in [2.45, 2.75) is 63.8 Å². The van der Waals surface area contributed by atoms with E-state index in [1.807, 2.05) is 7.05 Å². The van der Waals surface area contributed by atoms with Gasteiger partial charge < -0.3 is 15.5 Å². The van der Waals surface area contributed by atoms with Crippen LogP contribution in [0.25, 0.3) is 0 Å². The van der Waals surface area contributed by atoms with E-state index in [1.54, 1.807) is 0 Å². The molecule has 2 fully saturated rings. The molecule has 2 aliphatic rings. The number of unbranched alkanes of at least 4 members (excludes halogenated alkanes) is 1. The van der Waals surface area contributed by atoms with Crippen LogP contribution in [-0.4, -0.2) is 50.1 Å². The molecule has 1 aliphatic heterocycles. The largest absolute Gasteiger partial charge is 0.356 e. The lowest BCUT2D eigenvalue weighted by Crippen LogP contribution is -2.44. The molecule has 0 bridgehead atoms. The van der Waals surface area contributed by atoms with Crippen molar-refractivity contribution in [3.63, 3.8) is 0 Å². The van der Waals surface area contributed by atoms with E-state index in [1.165, 1.54) is 77.4 Å². The molecule has 0 spiro atoms. The number of guanidine groups is 1. The molecule has 116 valence electrons. The summed E-state index contributed by atoms with van der Waals surface area (Å²) in [6.07, 6.45) is 12.1. The molecule has 2 N–H and O–H groups in total. The quantitative estimate of drug-likeness (QED) is 0.446. The van der Waals surface area contributed by atoms with Crippen LogP contribution in [0.1, 0.15) is 57.8 Å². The summed E-state index contributed by atoms with van der Waals surface area (Å²) in [4.78, 5) is 6.93. The number of nitrogens with zero attached hydrogens (tertiary/aromatic N) is 2. The highest BCUT2D eigenvalue weighted by Crippen LogP contribution is 2.17. The van der Waals surface area contributed by atoms with Crippen molar-refractivity contribution in [3.8, 4) is 0 Å². The Bertz CT molecular complexity index is 278. The van der Waals surface area contributed by atoms with Crippen LogP contribution in [0.4, 0.5) is 0 Å². The van der Waals surface area contributed by atoms with Gasteiger partial charge in [0.2, 0.25) is 0 Å². The van der Waals surface area contributed by atoms with Gasteiger partial charge in [-0.15, -0.1) is 0 Å². The van der Waals surface area contributed by atoms with Crippen molar-refractivity contribution < 1.29 is 0 Å². The normalized spacial score (nSPS) is 22.1. The van der Waals surface area contributed by atoms with E-state index in [9.17, 15) is 0 Å². The maximum atomic E-state index is 4.34. The molecule has 0 aromatic heterocycles. The lowest BCUT2D eigenvalue weighted by Gasteiger charge is -2.25. The standard InChI is InChI=1S/C16H32N4/c1-17-16(19-15-9-3-2-4-10-15)18-11-5-6-12-20-13-7-8-14-20/h15H,2-14H2,1H3,(H2,17,18,19). The zero-order valence-electron chi connectivity index (χ0n) is 13.2. The van der Waals surface area contributed by atoms with Gasteiger partial charge >= 0.3 is 0 Å². The van der Waals surface area contributed by atoms with Crippen LogP contribution >= 0.6 is 0 Å². The Morgan fingerprint density at radius 3 is 2.50 bits per heavy atom. The van der Waals surface area contributed by atoms with Gasteiger partial charge in [0.1, 0.15) is 0 Å². The summed E-state index contributed by atoms with van der Waals surface area (Å²) in [5.41, 5.74) is 0. The summed E-state index contributed by atoms with van der Waals surface area (Å²) in [7, 11) is 1.88. The van der Waals surface area contributed by atoms with Crippen molar-refractivity contribution in [3.05, 3.63) is 0 Å². The molecule has 4 nitrogen and oxygen atoms in total. The number of nitrogens with one attached hydrogen (secondary N) is 2. The number of likely N-dealkylation sites (tertiary alicyclic amines) is 1. The summed E-state index contributed by atoms with van der Waals surface area (Å²) in [5, 5.41) is 7.03. The highest BCUT2D eigenvalue weighted by molar-refractivity contribution is 5.79. The van der Waals surface area contributed by atoms with Gasteiger partial charge in [-0.2, -0.15) is 0 Å². The summed E-state index contributed by atoms with van der Waals surface area (Å²) < 4.78 is 0. The van der Waals surface area contributed by atoms with E-state index >= 15 is 0 Å². The van der Waals surface area contributed by atoms with Gasteiger partial charge in [-0.05, 0) is 58.2 Å². The number of aliphatic imine (C=N–C) groups is 1. The molecule has 4 heteroatoms. The van der Waals surface area contributed by atoms with Crippen LogP contribution in [0, 0.1) is 0 Å². The van der Waals surface area contributed by atoms with Gasteiger partial charge in [-0.25, -0.2) is 0 Å². The van der Waals surface area contributed by atoms with E-state index in [-0.39, 0.29) is 0 Å². The molecular weight excluding hydrogens is 248 g/mol. The Morgan fingerprint density at radius 1 is 1.05 bits per heavy atom. The lowest BCUT2D eigenvalue weighted by atomic mass is 9.96. The average Bonchev–Trinajstić information content (AvgIpc) is 3.00. The molecule has 0 radical (unpaired) electrons. The molecule has 20 heavy (non-hydrogen) atoms. The van der Waals surface area contributed by atoms with Gasteiger partial charge in [0.05, 0.1) is 0 Å². The molecule has 0 aromatic carbocycles. The molecule has 1 saturated heterocycles. The minimum absolute atomic E-state index is 0.638. The van der Waals surface area contributed by atoms with Crippen LogP contribution in [0.2, 0.25) is 0 Å². The van der Waals surface area contributed by atoms with Gasteiger partial charge in [-0.3, -0.25) is 4.99 Å². The van der Waals surface area contributed by atoms with Crippen molar-refractivity contribution in [2.75, 3.05) is 33.2 Å². The van der Waals surface area contributed by atoms with Gasteiger partial charge in [0.15, 0.2) is 5.96 Å². The topological polar surface area (TPSA) is 39.7 Å². The van der Waals surface area contributed by atoms with Crippen molar-refractivity contribution >= 4 is 5.96 Å². The van der Waals surface area contributed by atoms with E-state index in [0.717, 1.165) is 12.5 Å². The monoisotopic (exact) mass is 280 g/mol. The fraction of sp³-hybridized carbons (Fsp3) is 0.938. The zero-order chi connectivity index (χ0) is 14.0. The SMILES string of the molecule is CN=C(NCCCCN1CCCC1)NC1CCCCC1. The predicted octanol–water partition coefficient (Wildman–Crippen LogP) is 2.36. The van der Waals surface area contributed by atoms with E-state index in [2.05, 4.69) is 20.5 Å². The van der Waals surface area contributed by atoms with Crippen LogP contribution in [0.5, 0.6) is 0 Å². The Morgan fingerprint density at radius 2 is 1.80 bits per heavy atom. The van der Waals surface area contributed by atoms with Crippen LogP contribution in [-0.2, 0) is 0 Å². The first-order valence-electron chi connectivity index (χ1n) is 8.58. The van der Waals surface area contributed by atoms with Gasteiger partial charge in [0.25, 0.3) is 0 Å². The highest BCUT2D eigenvalue weighted by Gasteiger charge is 2.14. The average molecular weight is 280 g/mol. The predicted molar refractivity (Wildman–Crippen MR) is 86.3 cm³/mol. The summed E-state index contributed by atoms with van der Waals surface area (Å²) >= 11 is 0. The molecule has 0 aromatic rings. The Labute approximate surface area is 124 Å². The molecular formula is C16H32N4. The summed E-state index contributed by atoms with van der Waals surface area (Å²) in [5.74, 6) is 0.998. The maximum absolute atomic E-state index is 4.34. The molecule has 1 heterocycles. The number of rotatable bonds is 6. The van der Waals surface area contributed by atoms with Crippen molar-refractivity contribution in [2.24, 2.45) is 4.99 Å². The molecule has 0 unspecified atom stereocenters. The molecule has 1 saturated carbocycles. The molecule has 0 amide bonds. The third kappa shape index (κ3) is 5.70. The highest BCUT2D eigenvalue weighted by atomic mass is 15.2. The molecule has 1 aliphatic carbocycles. The third-order valence-electron chi connectivity index (χ3n) is 4.56. The molecule has 0 atom stereocenters. The summed E-state index contributed by atoms with van der Waals surface area (Å²) in [6, 6.07) is 0.638. The Hall–Kier alpha value is -0.770. The second-order valence-corrected chi connectivity index (χ2v) is 6.23. The number of hydrogen-bond donors (Lipinski definition) is 2. The Balaban J connectivity index is 1.52. The minimum Gasteiger partial charge on any atom is -0.356 e. The second kappa shape index (κ2) is 9.22. The minimum atomic E-state index is 0.638. The van der Waals surface area contributed by atoms with Gasteiger partial charge in [0, 0.05) is 19.6 Å².